The molecule has 278 valence electrons. The molecule has 0 bridgehead atoms. The first-order chi connectivity index (χ1) is 29.7. The van der Waals surface area contributed by atoms with E-state index in [2.05, 4.69) is 146 Å². The fourth-order valence-electron chi connectivity index (χ4n) is 8.77. The molecule has 10 aromatic carbocycles. The minimum absolute atomic E-state index is 0.586. The van der Waals surface area contributed by atoms with Crippen LogP contribution in [-0.2, 0) is 0 Å². The molecule has 4 nitrogen and oxygen atoms in total. The van der Waals surface area contributed by atoms with Crippen molar-refractivity contribution in [3.8, 4) is 73.6 Å². The van der Waals surface area contributed by atoms with Gasteiger partial charge < -0.3 is 0 Å². The van der Waals surface area contributed by atoms with E-state index in [9.17, 15) is 5.26 Å². The van der Waals surface area contributed by atoms with E-state index in [4.69, 9.17) is 15.0 Å². The van der Waals surface area contributed by atoms with Crippen LogP contribution in [0.5, 0.6) is 0 Å². The second kappa shape index (κ2) is 14.6. The average Bonchev–Trinajstić information content (AvgIpc) is 3.33. The van der Waals surface area contributed by atoms with Gasteiger partial charge in [-0.2, -0.15) is 5.26 Å². The van der Waals surface area contributed by atoms with E-state index in [-0.39, 0.29) is 0 Å². The fourth-order valence-corrected chi connectivity index (χ4v) is 8.77. The van der Waals surface area contributed by atoms with Crippen LogP contribution in [0.25, 0.3) is 111 Å². The molecule has 0 fully saturated rings. The second-order valence-electron chi connectivity index (χ2n) is 15.0. The number of rotatable bonds is 6. The third kappa shape index (κ3) is 5.97. The standard InChI is InChI=1S/C56H34N4/c57-35-36-26-28-37(29-27-36)41-19-13-20-42(34-41)55-58-54(40-17-5-2-6-18-40)59-56(60-55)49-33-32-48(44-22-9-10-23-45(44)49)53-47-25-12-11-24-46(47)51(39-15-3-1-4-16-39)50-31-30-38-14-7-8-21-43(38)52(50)53/h1-34H. The number of aromatic nitrogens is 3. The van der Waals surface area contributed by atoms with Crippen molar-refractivity contribution in [3.63, 3.8) is 0 Å². The lowest BCUT2D eigenvalue weighted by molar-refractivity contribution is 1.08. The van der Waals surface area contributed by atoms with Crippen molar-refractivity contribution in [2.24, 2.45) is 0 Å². The number of nitrogens with zero attached hydrogens (tertiary/aromatic N) is 4. The molecular weight excluding hydrogens is 729 g/mol. The highest BCUT2D eigenvalue weighted by Gasteiger charge is 2.22. The van der Waals surface area contributed by atoms with Gasteiger partial charge >= 0.3 is 0 Å². The van der Waals surface area contributed by atoms with Crippen molar-refractivity contribution in [1.29, 1.82) is 5.26 Å². The Labute approximate surface area is 347 Å². The Morgan fingerprint density at radius 2 is 0.850 bits per heavy atom. The maximum absolute atomic E-state index is 9.37. The lowest BCUT2D eigenvalue weighted by Crippen LogP contribution is -2.01. The Bertz CT molecular complexity index is 3480. The van der Waals surface area contributed by atoms with E-state index >= 15 is 0 Å². The first-order valence-corrected chi connectivity index (χ1v) is 20.1. The molecule has 0 N–H and O–H groups in total. The van der Waals surface area contributed by atoms with Gasteiger partial charge in [0.05, 0.1) is 11.6 Å². The zero-order chi connectivity index (χ0) is 40.0. The highest BCUT2D eigenvalue weighted by atomic mass is 15.0. The molecule has 0 saturated heterocycles. The van der Waals surface area contributed by atoms with Crippen molar-refractivity contribution in [3.05, 3.63) is 212 Å². The predicted octanol–water partition coefficient (Wildman–Crippen LogP) is 14.4. The first-order valence-electron chi connectivity index (χ1n) is 20.1. The first kappa shape index (κ1) is 34.9. The zero-order valence-corrected chi connectivity index (χ0v) is 32.4. The van der Waals surface area contributed by atoms with Crippen LogP contribution in [0.4, 0.5) is 0 Å². The number of hydrogen-bond acceptors (Lipinski definition) is 4. The number of fused-ring (bicyclic) bond motifs is 5. The highest BCUT2D eigenvalue weighted by molar-refractivity contribution is 6.29. The van der Waals surface area contributed by atoms with Gasteiger partial charge in [-0.05, 0) is 101 Å². The quantitative estimate of drug-likeness (QED) is 0.125. The van der Waals surface area contributed by atoms with Crippen LogP contribution >= 0.6 is 0 Å². The Hall–Kier alpha value is -8.26. The maximum Gasteiger partial charge on any atom is 0.164 e. The Kier molecular flexibility index (Phi) is 8.50. The number of nitriles is 1. The Morgan fingerprint density at radius 1 is 0.317 bits per heavy atom. The molecule has 0 aliphatic heterocycles. The minimum atomic E-state index is 0.586. The molecule has 11 aromatic rings. The SMILES string of the molecule is N#Cc1ccc(-c2cccc(-c3nc(-c4ccccc4)nc(-c4ccc(-c5c6ccccc6c(-c6ccccc6)c6ccc7ccccc7c56)c5ccccc45)n3)c2)cc1. The molecule has 4 heteroatoms. The molecule has 60 heavy (non-hydrogen) atoms. The van der Waals surface area contributed by atoms with E-state index in [0.717, 1.165) is 44.2 Å². The zero-order valence-electron chi connectivity index (χ0n) is 32.4. The summed E-state index contributed by atoms with van der Waals surface area (Å²) < 4.78 is 0. The van der Waals surface area contributed by atoms with Crippen LogP contribution in [0.3, 0.4) is 0 Å². The summed E-state index contributed by atoms with van der Waals surface area (Å²) in [5, 5.41) is 18.8. The predicted molar refractivity (Wildman–Crippen MR) is 247 cm³/mol. The lowest BCUT2D eigenvalue weighted by Gasteiger charge is -2.21. The van der Waals surface area contributed by atoms with Crippen LogP contribution in [0.2, 0.25) is 0 Å². The molecule has 1 aromatic heterocycles. The van der Waals surface area contributed by atoms with Crippen LogP contribution < -0.4 is 0 Å². The molecule has 11 rings (SSSR count). The van der Waals surface area contributed by atoms with Gasteiger partial charge in [-0.25, -0.2) is 15.0 Å². The summed E-state index contributed by atoms with van der Waals surface area (Å²) >= 11 is 0. The summed E-state index contributed by atoms with van der Waals surface area (Å²) in [6.07, 6.45) is 0. The molecule has 0 aliphatic carbocycles. The van der Waals surface area contributed by atoms with Crippen molar-refractivity contribution in [1.82, 2.24) is 15.0 Å². The van der Waals surface area contributed by atoms with Gasteiger partial charge in [0.1, 0.15) is 0 Å². The van der Waals surface area contributed by atoms with Gasteiger partial charge in [0.25, 0.3) is 0 Å². The van der Waals surface area contributed by atoms with Crippen LogP contribution in [0, 0.1) is 11.3 Å². The van der Waals surface area contributed by atoms with Crippen molar-refractivity contribution < 1.29 is 0 Å². The van der Waals surface area contributed by atoms with Crippen molar-refractivity contribution in [2.75, 3.05) is 0 Å². The molecule has 0 saturated carbocycles. The summed E-state index contributed by atoms with van der Waals surface area (Å²) in [6, 6.07) is 74.2. The van der Waals surface area contributed by atoms with E-state index in [0.29, 0.717) is 23.0 Å². The monoisotopic (exact) mass is 762 g/mol. The topological polar surface area (TPSA) is 62.5 Å². The Morgan fingerprint density at radius 3 is 1.57 bits per heavy atom. The van der Waals surface area contributed by atoms with Crippen LogP contribution in [0.15, 0.2) is 206 Å². The third-order valence-corrected chi connectivity index (χ3v) is 11.5. The average molecular weight is 763 g/mol. The van der Waals surface area contributed by atoms with Gasteiger partial charge in [0.2, 0.25) is 0 Å². The summed E-state index contributed by atoms with van der Waals surface area (Å²) in [5.74, 6) is 1.79. The van der Waals surface area contributed by atoms with Gasteiger partial charge in [0, 0.05) is 16.7 Å². The second-order valence-corrected chi connectivity index (χ2v) is 15.0. The fraction of sp³-hybridized carbons (Fsp3) is 0. The summed E-state index contributed by atoms with van der Waals surface area (Å²) in [5.41, 5.74) is 10.2. The van der Waals surface area contributed by atoms with Crippen molar-refractivity contribution >= 4 is 43.1 Å². The largest absolute Gasteiger partial charge is 0.208 e. The highest BCUT2D eigenvalue weighted by Crippen LogP contribution is 2.48. The maximum atomic E-state index is 9.37. The molecule has 0 aliphatic rings. The number of benzene rings is 10. The van der Waals surface area contributed by atoms with Gasteiger partial charge in [0.15, 0.2) is 17.5 Å². The van der Waals surface area contributed by atoms with E-state index in [1.54, 1.807) is 0 Å². The Balaban J connectivity index is 1.16. The third-order valence-electron chi connectivity index (χ3n) is 11.5. The summed E-state index contributed by atoms with van der Waals surface area (Å²) in [4.78, 5) is 15.5. The summed E-state index contributed by atoms with van der Waals surface area (Å²) in [7, 11) is 0. The van der Waals surface area contributed by atoms with Gasteiger partial charge in [-0.15, -0.1) is 0 Å². The lowest BCUT2D eigenvalue weighted by atomic mass is 9.82. The minimum Gasteiger partial charge on any atom is -0.208 e. The van der Waals surface area contributed by atoms with E-state index in [1.807, 2.05) is 66.7 Å². The molecule has 0 unspecified atom stereocenters. The van der Waals surface area contributed by atoms with Crippen LogP contribution in [0.1, 0.15) is 5.56 Å². The molecule has 0 amide bonds. The molecule has 1 heterocycles. The smallest absolute Gasteiger partial charge is 0.164 e. The molecule has 0 spiro atoms. The van der Waals surface area contributed by atoms with E-state index in [1.165, 1.54) is 49.0 Å². The molecule has 0 radical (unpaired) electrons. The summed E-state index contributed by atoms with van der Waals surface area (Å²) in [6.45, 7) is 0. The molecular formula is C56H34N4. The van der Waals surface area contributed by atoms with Gasteiger partial charge in [-0.1, -0.05) is 182 Å². The van der Waals surface area contributed by atoms with Gasteiger partial charge in [-0.3, -0.25) is 0 Å². The number of hydrogen-bond donors (Lipinski definition) is 0. The van der Waals surface area contributed by atoms with E-state index < -0.39 is 0 Å². The van der Waals surface area contributed by atoms with Crippen LogP contribution in [-0.4, -0.2) is 15.0 Å². The van der Waals surface area contributed by atoms with Crippen molar-refractivity contribution in [2.45, 2.75) is 0 Å². The normalized spacial score (nSPS) is 11.3. The molecule has 0 atom stereocenters.